The molecule has 18 heteroatoms. The van der Waals surface area contributed by atoms with Crippen molar-refractivity contribution in [2.75, 3.05) is 34.5 Å². The number of rotatable bonds is 13. The highest BCUT2D eigenvalue weighted by atomic mass is 16.7. The molecule has 2 aliphatic heterocycles. The Balaban J connectivity index is 1.53. The summed E-state index contributed by atoms with van der Waals surface area (Å²) in [5.74, 6) is -2.32. The van der Waals surface area contributed by atoms with Crippen molar-refractivity contribution in [3.05, 3.63) is 53.6 Å². The van der Waals surface area contributed by atoms with Gasteiger partial charge in [0.2, 0.25) is 12.0 Å². The van der Waals surface area contributed by atoms with E-state index in [1.54, 1.807) is 0 Å². The van der Waals surface area contributed by atoms with Crippen LogP contribution in [0.5, 0.6) is 28.7 Å². The van der Waals surface area contributed by atoms with Crippen molar-refractivity contribution in [2.45, 2.75) is 61.4 Å². The second-order valence-electron chi connectivity index (χ2n) is 11.3. The summed E-state index contributed by atoms with van der Waals surface area (Å²) < 4.78 is 42.4. The van der Waals surface area contributed by atoms with Crippen LogP contribution in [0.15, 0.2) is 42.5 Å². The normalized spacial score (nSPS) is 29.5. The molecular weight excluding hydrogens is 684 g/mol. The molecule has 2 aliphatic rings. The van der Waals surface area contributed by atoms with Gasteiger partial charge in [0.05, 0.1) is 34.5 Å². The highest BCUT2D eigenvalue weighted by Crippen LogP contribution is 2.37. The van der Waals surface area contributed by atoms with Crippen LogP contribution in [0.4, 0.5) is 0 Å². The van der Waals surface area contributed by atoms with Gasteiger partial charge in [-0.15, -0.1) is 0 Å². The molecule has 0 unspecified atom stereocenters. The molecule has 8 N–H and O–H groups in total. The molecule has 10 atom stereocenters. The van der Waals surface area contributed by atoms with E-state index in [0.29, 0.717) is 11.1 Å². The molecule has 2 aromatic rings. The number of aromatic hydroxyl groups is 2. The predicted molar refractivity (Wildman–Crippen MR) is 170 cm³/mol. The Morgan fingerprint density at radius 1 is 0.686 bits per heavy atom. The number of ether oxygens (including phenoxy) is 8. The lowest BCUT2D eigenvalue weighted by atomic mass is 9.98. The average Bonchev–Trinajstić information content (AvgIpc) is 3.12. The average molecular weight is 725 g/mol. The maximum Gasteiger partial charge on any atom is 0.333 e. The summed E-state index contributed by atoms with van der Waals surface area (Å²) in [7, 11) is 3.96. The second-order valence-corrected chi connectivity index (χ2v) is 11.3. The van der Waals surface area contributed by atoms with Crippen molar-refractivity contribution in [3.63, 3.8) is 0 Å². The Bertz CT molecular complexity index is 1530. The zero-order valence-electron chi connectivity index (χ0n) is 27.5. The van der Waals surface area contributed by atoms with Crippen molar-refractivity contribution in [1.29, 1.82) is 0 Å². The van der Waals surface area contributed by atoms with E-state index < -0.39 is 86.6 Å². The third-order valence-corrected chi connectivity index (χ3v) is 7.93. The van der Waals surface area contributed by atoms with Crippen LogP contribution in [0.3, 0.4) is 0 Å². The molecule has 2 fully saturated rings. The van der Waals surface area contributed by atoms with Crippen LogP contribution in [0.1, 0.15) is 11.1 Å². The number of aliphatic hydroxyl groups excluding tert-OH is 6. The summed E-state index contributed by atoms with van der Waals surface area (Å²) >= 11 is 0. The lowest BCUT2D eigenvalue weighted by molar-refractivity contribution is -0.327. The first-order chi connectivity index (χ1) is 24.3. The van der Waals surface area contributed by atoms with E-state index in [1.807, 2.05) is 0 Å². The Kier molecular flexibility index (Phi) is 13.6. The number of esters is 2. The second kappa shape index (κ2) is 17.6. The van der Waals surface area contributed by atoms with Crippen molar-refractivity contribution in [1.82, 2.24) is 0 Å². The van der Waals surface area contributed by atoms with Gasteiger partial charge in [-0.05, 0) is 47.5 Å². The molecule has 2 saturated heterocycles. The van der Waals surface area contributed by atoms with Gasteiger partial charge in [0, 0.05) is 12.2 Å². The topological polar surface area (TPSA) is 270 Å². The van der Waals surface area contributed by atoms with Crippen LogP contribution < -0.4 is 14.2 Å². The van der Waals surface area contributed by atoms with Gasteiger partial charge in [-0.1, -0.05) is 6.07 Å². The smallest absolute Gasteiger partial charge is 0.333 e. The zero-order valence-corrected chi connectivity index (χ0v) is 27.5. The zero-order chi connectivity index (χ0) is 37.4. The number of benzene rings is 2. The van der Waals surface area contributed by atoms with Crippen molar-refractivity contribution in [3.8, 4) is 28.7 Å². The molecule has 0 bridgehead atoms. The largest absolute Gasteiger partial charge is 0.504 e. The summed E-state index contributed by atoms with van der Waals surface area (Å²) in [6, 6.07) is 7.02. The van der Waals surface area contributed by atoms with E-state index in [9.17, 15) is 50.4 Å². The molecule has 2 aromatic carbocycles. The summed E-state index contributed by atoms with van der Waals surface area (Å²) in [6.45, 7) is -1.40. The Labute approximate surface area is 290 Å². The molecule has 2 heterocycles. The number of hydrogen-bond donors (Lipinski definition) is 8. The van der Waals surface area contributed by atoms with Gasteiger partial charge >= 0.3 is 11.9 Å². The lowest BCUT2D eigenvalue weighted by Crippen LogP contribution is -2.62. The minimum atomic E-state index is -1.94. The SMILES string of the molecule is COc1cc(/C=C/C(=O)O[C@@H]2[C@@H](OC(=O)/C=C/c3cc(OC)c(O)c(OC)c3)O[C@@H](CO[C@H]3O[C@@H](CO)[C@H](O)[C@@H](O)[C@@H]3O)[C@H](O)[C@H]2O)ccc1O. The van der Waals surface area contributed by atoms with Crippen molar-refractivity contribution in [2.24, 2.45) is 0 Å². The number of methoxy groups -OCH3 is 3. The number of hydrogen-bond acceptors (Lipinski definition) is 18. The van der Waals surface area contributed by atoms with Crippen LogP contribution in [0.25, 0.3) is 12.2 Å². The van der Waals surface area contributed by atoms with Crippen LogP contribution in [0, 0.1) is 0 Å². The molecule has 0 amide bonds. The van der Waals surface area contributed by atoms with Crippen LogP contribution in [0.2, 0.25) is 0 Å². The van der Waals surface area contributed by atoms with Gasteiger partial charge in [-0.25, -0.2) is 9.59 Å². The predicted octanol–water partition coefficient (Wildman–Crippen LogP) is -1.43. The van der Waals surface area contributed by atoms with Gasteiger partial charge in [0.1, 0.15) is 42.7 Å². The number of carbonyl (C=O) groups is 2. The summed E-state index contributed by atoms with van der Waals surface area (Å²) in [5.41, 5.74) is 0.756. The molecular formula is C33H40O18. The third-order valence-electron chi connectivity index (χ3n) is 7.93. The van der Waals surface area contributed by atoms with Gasteiger partial charge in [0.25, 0.3) is 0 Å². The fourth-order valence-electron chi connectivity index (χ4n) is 5.12. The van der Waals surface area contributed by atoms with E-state index in [4.69, 9.17) is 37.9 Å². The third kappa shape index (κ3) is 9.44. The van der Waals surface area contributed by atoms with Gasteiger partial charge < -0.3 is 78.7 Å². The molecule has 0 radical (unpaired) electrons. The number of aliphatic hydroxyl groups is 6. The Hall–Kier alpha value is -4.50. The molecule has 51 heavy (non-hydrogen) atoms. The highest BCUT2D eigenvalue weighted by molar-refractivity contribution is 5.88. The maximum absolute atomic E-state index is 13.0. The van der Waals surface area contributed by atoms with E-state index >= 15 is 0 Å². The fraction of sp³-hybridized carbons (Fsp3) is 0.455. The van der Waals surface area contributed by atoms with E-state index in [0.717, 1.165) is 12.2 Å². The van der Waals surface area contributed by atoms with E-state index in [2.05, 4.69) is 0 Å². The maximum atomic E-state index is 13.0. The van der Waals surface area contributed by atoms with Crippen LogP contribution in [-0.4, -0.2) is 149 Å². The monoisotopic (exact) mass is 724 g/mol. The Morgan fingerprint density at radius 3 is 1.84 bits per heavy atom. The first-order valence-electron chi connectivity index (χ1n) is 15.3. The van der Waals surface area contributed by atoms with Gasteiger partial charge in [0.15, 0.2) is 35.4 Å². The number of phenols is 2. The molecule has 0 saturated carbocycles. The molecule has 4 rings (SSSR count). The van der Waals surface area contributed by atoms with Crippen molar-refractivity contribution < 1.29 is 88.3 Å². The van der Waals surface area contributed by atoms with Crippen molar-refractivity contribution >= 4 is 24.1 Å². The highest BCUT2D eigenvalue weighted by Gasteiger charge is 2.50. The lowest BCUT2D eigenvalue weighted by Gasteiger charge is -2.43. The first-order valence-corrected chi connectivity index (χ1v) is 15.3. The first kappa shape index (κ1) is 39.3. The Morgan fingerprint density at radius 2 is 1.24 bits per heavy atom. The van der Waals surface area contributed by atoms with Gasteiger partial charge in [-0.2, -0.15) is 0 Å². The van der Waals surface area contributed by atoms with Crippen LogP contribution in [-0.2, 0) is 33.3 Å². The number of carbonyl (C=O) groups excluding carboxylic acids is 2. The summed E-state index contributed by atoms with van der Waals surface area (Å²) in [4.78, 5) is 25.8. The quantitative estimate of drug-likeness (QED) is 0.0869. The molecule has 0 aliphatic carbocycles. The molecule has 18 nitrogen and oxygen atoms in total. The van der Waals surface area contributed by atoms with E-state index in [1.165, 1.54) is 63.8 Å². The molecule has 0 spiro atoms. The standard InChI is InChI=1S/C33H40O18/c1-44-18-10-15(4-7-17(18)35)5-8-23(36)50-31-29(42)27(40)22(14-47-32-30(43)28(41)26(39)21(13-34)48-32)49-33(31)51-24(37)9-6-16-11-19(45-2)25(38)20(12-16)46-3/h4-12,21-22,26-35,38-43H,13-14H2,1-3H3/b8-5+,9-6+/t21-,22-,26-,27-,28+,29+,30-,31-,32-,33+/m0/s1. The minimum Gasteiger partial charge on any atom is -0.504 e. The minimum absolute atomic E-state index is 0.0445. The van der Waals surface area contributed by atoms with Gasteiger partial charge in [-0.3, -0.25) is 0 Å². The van der Waals surface area contributed by atoms with Crippen LogP contribution >= 0.6 is 0 Å². The fourth-order valence-corrected chi connectivity index (χ4v) is 5.12. The molecule has 0 aromatic heterocycles. The summed E-state index contributed by atoms with van der Waals surface area (Å²) in [5, 5.41) is 81.7. The van der Waals surface area contributed by atoms with E-state index in [-0.39, 0.29) is 28.7 Å². The number of phenolic OH excluding ortho intramolecular Hbond substituents is 2. The molecule has 280 valence electrons. The summed E-state index contributed by atoms with van der Waals surface area (Å²) in [6.07, 6.45) is -12.6.